The number of unbranched alkanes of at least 4 members (excludes halogenated alkanes) is 20. The molecule has 40 heavy (non-hydrogen) atoms. The fraction of sp³-hybridized carbons (Fsp3) is 0.722. The van der Waals surface area contributed by atoms with Crippen molar-refractivity contribution in [3.05, 3.63) is 41.5 Å². The van der Waals surface area contributed by atoms with Crippen LogP contribution in [0.4, 0.5) is 0 Å². The van der Waals surface area contributed by atoms with Crippen LogP contribution in [0.5, 0.6) is 0 Å². The van der Waals surface area contributed by atoms with Gasteiger partial charge in [0.1, 0.15) is 4.90 Å². The predicted octanol–water partition coefficient (Wildman–Crippen LogP) is 11.8. The maximum atomic E-state index is 12.2. The molecule has 0 fully saturated rings. The third-order valence-corrected chi connectivity index (χ3v) is 9.37. The first-order valence-electron chi connectivity index (χ1n) is 17.0. The molecular weight excluding hydrogens is 512 g/mol. The monoisotopic (exact) mass is 572 g/mol. The minimum absolute atomic E-state index is 0.0596. The average Bonchev–Trinajstić information content (AvgIpc) is 2.93. The highest BCUT2D eigenvalue weighted by atomic mass is 32.2. The standard InChI is InChI=1S/C36H60O3S/c1-3-5-7-9-11-13-15-17-19-21-23-26-32-30-33(27-24-22-20-18-16-14-12-10-8-6-4-2)36-34(31-32)28-25-29-35(36)40(37,38)39/h25,28-31H,3-24,26-27H2,1-2H3,(H,37,38,39). The SMILES string of the molecule is CCCCCCCCCCCCCc1cc(CCCCCCCCCCCCC)c2c(S(=O)(=O)O)cccc2c1. The highest BCUT2D eigenvalue weighted by Gasteiger charge is 2.17. The summed E-state index contributed by atoms with van der Waals surface area (Å²) in [6.07, 6.45) is 30.9. The fourth-order valence-electron chi connectivity index (χ4n) is 6.08. The molecule has 0 saturated heterocycles. The summed E-state index contributed by atoms with van der Waals surface area (Å²) in [5.41, 5.74) is 2.38. The van der Waals surface area contributed by atoms with Crippen molar-refractivity contribution >= 4 is 20.9 Å². The maximum Gasteiger partial charge on any atom is 0.295 e. The maximum absolute atomic E-state index is 12.2. The van der Waals surface area contributed by atoms with Gasteiger partial charge in [-0.3, -0.25) is 4.55 Å². The molecular formula is C36H60O3S. The molecule has 4 heteroatoms. The predicted molar refractivity (Wildman–Crippen MR) is 174 cm³/mol. The van der Waals surface area contributed by atoms with Gasteiger partial charge in [-0.15, -0.1) is 0 Å². The van der Waals surface area contributed by atoms with Gasteiger partial charge in [-0.2, -0.15) is 8.42 Å². The van der Waals surface area contributed by atoms with E-state index in [0.717, 1.165) is 35.6 Å². The van der Waals surface area contributed by atoms with Crippen LogP contribution in [0.25, 0.3) is 10.8 Å². The number of fused-ring (bicyclic) bond motifs is 1. The van der Waals surface area contributed by atoms with Crippen molar-refractivity contribution in [2.24, 2.45) is 0 Å². The van der Waals surface area contributed by atoms with Crippen LogP contribution in [0.1, 0.15) is 166 Å². The number of aryl methyl sites for hydroxylation is 2. The van der Waals surface area contributed by atoms with Gasteiger partial charge < -0.3 is 0 Å². The highest BCUT2D eigenvalue weighted by Crippen LogP contribution is 2.30. The molecule has 0 aliphatic carbocycles. The number of hydrogen-bond acceptors (Lipinski definition) is 2. The second-order valence-corrected chi connectivity index (χ2v) is 13.5. The quantitative estimate of drug-likeness (QED) is 0.0950. The van der Waals surface area contributed by atoms with Crippen LogP contribution in [0.3, 0.4) is 0 Å². The van der Waals surface area contributed by atoms with Gasteiger partial charge in [-0.25, -0.2) is 0 Å². The summed E-state index contributed by atoms with van der Waals surface area (Å²) in [4.78, 5) is 0.0596. The van der Waals surface area contributed by atoms with Gasteiger partial charge in [-0.1, -0.05) is 167 Å². The third kappa shape index (κ3) is 14.5. The Hall–Kier alpha value is -1.39. The van der Waals surface area contributed by atoms with Crippen LogP contribution in [0.2, 0.25) is 0 Å². The minimum atomic E-state index is -4.26. The first-order valence-corrected chi connectivity index (χ1v) is 18.4. The van der Waals surface area contributed by atoms with Gasteiger partial charge in [0.05, 0.1) is 0 Å². The van der Waals surface area contributed by atoms with Crippen molar-refractivity contribution in [2.75, 3.05) is 0 Å². The number of hydrogen-bond donors (Lipinski definition) is 1. The summed E-state index contributed by atoms with van der Waals surface area (Å²) in [7, 11) is -4.26. The molecule has 1 N–H and O–H groups in total. The summed E-state index contributed by atoms with van der Waals surface area (Å²) in [6, 6.07) is 9.67. The summed E-state index contributed by atoms with van der Waals surface area (Å²) >= 11 is 0. The normalized spacial score (nSPS) is 12.0. The van der Waals surface area contributed by atoms with E-state index in [-0.39, 0.29) is 4.90 Å². The molecule has 0 heterocycles. The Bertz CT molecular complexity index is 1030. The summed E-state index contributed by atoms with van der Waals surface area (Å²) < 4.78 is 34.3. The molecule has 0 saturated carbocycles. The second kappa shape index (κ2) is 21.3. The molecule has 0 radical (unpaired) electrons. The van der Waals surface area contributed by atoms with E-state index in [1.165, 1.54) is 140 Å². The molecule has 2 aromatic rings. The summed E-state index contributed by atoms with van der Waals surface area (Å²) in [5, 5.41) is 1.66. The second-order valence-electron chi connectivity index (χ2n) is 12.2. The Labute approximate surface area is 247 Å². The van der Waals surface area contributed by atoms with Gasteiger partial charge in [-0.05, 0) is 48.3 Å². The topological polar surface area (TPSA) is 54.4 Å². The van der Waals surface area contributed by atoms with Crippen molar-refractivity contribution in [3.63, 3.8) is 0 Å². The first kappa shape index (κ1) is 34.8. The molecule has 228 valence electrons. The van der Waals surface area contributed by atoms with E-state index in [2.05, 4.69) is 26.0 Å². The lowest BCUT2D eigenvalue weighted by molar-refractivity contribution is 0.484. The number of rotatable bonds is 25. The fourth-order valence-corrected chi connectivity index (χ4v) is 6.84. The Morgan fingerprint density at radius 1 is 0.550 bits per heavy atom. The molecule has 0 bridgehead atoms. The summed E-state index contributed by atoms with van der Waals surface area (Å²) in [6.45, 7) is 4.54. The zero-order valence-electron chi connectivity index (χ0n) is 26.0. The van der Waals surface area contributed by atoms with Crippen molar-refractivity contribution in [2.45, 2.75) is 173 Å². The van der Waals surface area contributed by atoms with Crippen LogP contribution in [-0.4, -0.2) is 13.0 Å². The first-order chi connectivity index (χ1) is 19.5. The Morgan fingerprint density at radius 3 is 1.43 bits per heavy atom. The van der Waals surface area contributed by atoms with Crippen LogP contribution in [-0.2, 0) is 23.0 Å². The van der Waals surface area contributed by atoms with Crippen molar-refractivity contribution in [1.29, 1.82) is 0 Å². The average molecular weight is 573 g/mol. The van der Waals surface area contributed by atoms with E-state index < -0.39 is 10.1 Å². The smallest absolute Gasteiger partial charge is 0.282 e. The van der Waals surface area contributed by atoms with Crippen molar-refractivity contribution in [3.8, 4) is 0 Å². The lowest BCUT2D eigenvalue weighted by Crippen LogP contribution is -2.02. The van der Waals surface area contributed by atoms with E-state index in [9.17, 15) is 13.0 Å². The van der Waals surface area contributed by atoms with Gasteiger partial charge in [0.25, 0.3) is 10.1 Å². The zero-order valence-corrected chi connectivity index (χ0v) is 26.8. The van der Waals surface area contributed by atoms with Crippen LogP contribution >= 0.6 is 0 Å². The van der Waals surface area contributed by atoms with E-state index in [1.807, 2.05) is 6.07 Å². The zero-order chi connectivity index (χ0) is 28.9. The van der Waals surface area contributed by atoms with E-state index >= 15 is 0 Å². The van der Waals surface area contributed by atoms with Crippen molar-refractivity contribution in [1.82, 2.24) is 0 Å². The molecule has 2 rings (SSSR count). The van der Waals surface area contributed by atoms with Gasteiger partial charge in [0.15, 0.2) is 0 Å². The van der Waals surface area contributed by atoms with Gasteiger partial charge >= 0.3 is 0 Å². The minimum Gasteiger partial charge on any atom is -0.282 e. The van der Waals surface area contributed by atoms with Crippen LogP contribution < -0.4 is 0 Å². The Kier molecular flexibility index (Phi) is 18.6. The molecule has 0 aliphatic rings. The van der Waals surface area contributed by atoms with Crippen LogP contribution in [0.15, 0.2) is 35.2 Å². The lowest BCUT2D eigenvalue weighted by atomic mass is 9.94. The molecule has 0 amide bonds. The third-order valence-electron chi connectivity index (χ3n) is 8.48. The van der Waals surface area contributed by atoms with Gasteiger partial charge in [0, 0.05) is 5.39 Å². The Balaban J connectivity index is 1.83. The molecule has 0 atom stereocenters. The molecule has 0 aliphatic heterocycles. The van der Waals surface area contributed by atoms with E-state index in [1.54, 1.807) is 12.1 Å². The van der Waals surface area contributed by atoms with E-state index in [4.69, 9.17) is 0 Å². The van der Waals surface area contributed by atoms with Crippen LogP contribution in [0, 0.1) is 0 Å². The van der Waals surface area contributed by atoms with E-state index in [0.29, 0.717) is 0 Å². The molecule has 0 aromatic heterocycles. The summed E-state index contributed by atoms with van der Waals surface area (Å²) in [5.74, 6) is 0. The molecule has 3 nitrogen and oxygen atoms in total. The largest absolute Gasteiger partial charge is 0.295 e. The lowest BCUT2D eigenvalue weighted by Gasteiger charge is -2.13. The molecule has 0 spiro atoms. The number of benzene rings is 2. The molecule has 2 aromatic carbocycles. The van der Waals surface area contributed by atoms with Crippen molar-refractivity contribution < 1.29 is 13.0 Å². The van der Waals surface area contributed by atoms with Gasteiger partial charge in [0.2, 0.25) is 0 Å². The molecule has 0 unspecified atom stereocenters. The highest BCUT2D eigenvalue weighted by molar-refractivity contribution is 7.86. The Morgan fingerprint density at radius 2 is 0.975 bits per heavy atom.